The van der Waals surface area contributed by atoms with Crippen LogP contribution in [0.5, 0.6) is 0 Å². The number of carboxylic acids is 2. The molecule has 3 aliphatic rings. The zero-order valence-electron chi connectivity index (χ0n) is 12.2. The Morgan fingerprint density at radius 1 is 0.708 bits per heavy atom. The van der Waals surface area contributed by atoms with Crippen molar-refractivity contribution in [1.82, 2.24) is 0 Å². The molecule has 0 heterocycles. The van der Waals surface area contributed by atoms with Crippen LogP contribution in [0.15, 0.2) is 57.3 Å². The number of carbonyl (C=O) groups is 2. The second-order valence-electron chi connectivity index (χ2n) is 5.93. The van der Waals surface area contributed by atoms with Crippen molar-refractivity contribution in [3.05, 3.63) is 69.8 Å². The third-order valence-electron chi connectivity index (χ3n) is 4.71. The third-order valence-corrected chi connectivity index (χ3v) is 5.27. The molecule has 2 atom stereocenters. The van der Waals surface area contributed by atoms with Gasteiger partial charge in [-0.15, -0.1) is 25.3 Å². The van der Waals surface area contributed by atoms with E-state index in [9.17, 15) is 19.8 Å². The lowest BCUT2D eigenvalue weighted by atomic mass is 9.61. The van der Waals surface area contributed by atoms with Gasteiger partial charge < -0.3 is 10.2 Å². The predicted octanol–water partition coefficient (Wildman–Crippen LogP) is 3.32. The summed E-state index contributed by atoms with van der Waals surface area (Å²) in [6.07, 6.45) is 0. The van der Waals surface area contributed by atoms with Crippen LogP contribution < -0.4 is 0 Å². The van der Waals surface area contributed by atoms with Crippen LogP contribution in [0.1, 0.15) is 34.1 Å². The molecule has 24 heavy (non-hydrogen) atoms. The van der Waals surface area contributed by atoms with Gasteiger partial charge >= 0.3 is 11.9 Å². The Balaban J connectivity index is 2.12. The Kier molecular flexibility index (Phi) is 3.30. The van der Waals surface area contributed by atoms with Crippen molar-refractivity contribution in [3.8, 4) is 0 Å². The molecule has 0 aromatic heterocycles. The highest BCUT2D eigenvalue weighted by Crippen LogP contribution is 2.56. The molecule has 0 radical (unpaired) electrons. The molecular formula is C18H12O4S2. The summed E-state index contributed by atoms with van der Waals surface area (Å²) in [7, 11) is 0. The summed E-state index contributed by atoms with van der Waals surface area (Å²) in [6.45, 7) is 0. The first-order valence-electron chi connectivity index (χ1n) is 7.26. The van der Waals surface area contributed by atoms with E-state index < -0.39 is 23.8 Å². The summed E-state index contributed by atoms with van der Waals surface area (Å²) in [6, 6.07) is 10.9. The molecule has 0 aliphatic heterocycles. The smallest absolute Gasteiger partial charge is 0.333 e. The second-order valence-corrected chi connectivity index (χ2v) is 6.96. The molecule has 4 nitrogen and oxygen atoms in total. The van der Waals surface area contributed by atoms with Crippen molar-refractivity contribution in [2.45, 2.75) is 21.6 Å². The standard InChI is InChI=1S/C18H12O4S2/c19-17(20)15-13-9-3-1-7(23)5-11(9)14(16(15)18(21)22)10-4-2-8(24)6-12(10)13/h1-6,13-14,23-24H,(H,19,20)(H,21,22)/t13-,14-/m1/s1. The second kappa shape index (κ2) is 5.16. The van der Waals surface area contributed by atoms with Crippen LogP contribution in [0.25, 0.3) is 0 Å². The van der Waals surface area contributed by atoms with Crippen molar-refractivity contribution in [2.24, 2.45) is 0 Å². The van der Waals surface area contributed by atoms with E-state index in [0.29, 0.717) is 0 Å². The minimum absolute atomic E-state index is 0.0571. The van der Waals surface area contributed by atoms with Gasteiger partial charge in [0, 0.05) is 21.6 Å². The van der Waals surface area contributed by atoms with E-state index in [1.807, 2.05) is 24.3 Å². The normalized spacial score (nSPS) is 20.6. The van der Waals surface area contributed by atoms with E-state index in [2.05, 4.69) is 25.3 Å². The van der Waals surface area contributed by atoms with Gasteiger partial charge in [-0.3, -0.25) is 0 Å². The maximum Gasteiger partial charge on any atom is 0.333 e. The van der Waals surface area contributed by atoms with Crippen molar-refractivity contribution < 1.29 is 19.8 Å². The number of aliphatic carboxylic acids is 2. The molecule has 120 valence electrons. The lowest BCUT2D eigenvalue weighted by molar-refractivity contribution is -0.136. The quantitative estimate of drug-likeness (QED) is 0.623. The summed E-state index contributed by atoms with van der Waals surface area (Å²) < 4.78 is 0. The fraction of sp³-hybridized carbons (Fsp3) is 0.111. The summed E-state index contributed by atoms with van der Waals surface area (Å²) in [5.74, 6) is -3.61. The predicted molar refractivity (Wildman–Crippen MR) is 93.4 cm³/mol. The number of hydrogen-bond acceptors (Lipinski definition) is 4. The van der Waals surface area contributed by atoms with Crippen LogP contribution >= 0.6 is 25.3 Å². The molecule has 0 saturated carbocycles. The molecule has 5 rings (SSSR count). The first-order chi connectivity index (χ1) is 11.4. The Morgan fingerprint density at radius 2 is 1.08 bits per heavy atom. The van der Waals surface area contributed by atoms with Gasteiger partial charge in [-0.1, -0.05) is 12.1 Å². The molecule has 0 fully saturated rings. The maximum absolute atomic E-state index is 11.9. The number of thiol groups is 2. The zero-order chi connectivity index (χ0) is 17.2. The summed E-state index contributed by atoms with van der Waals surface area (Å²) >= 11 is 8.70. The molecule has 0 amide bonds. The monoisotopic (exact) mass is 356 g/mol. The van der Waals surface area contributed by atoms with Crippen LogP contribution in [0.3, 0.4) is 0 Å². The minimum atomic E-state index is -1.20. The lowest BCUT2D eigenvalue weighted by Crippen LogP contribution is -2.34. The fourth-order valence-electron chi connectivity index (χ4n) is 3.90. The topological polar surface area (TPSA) is 74.6 Å². The molecule has 2 aromatic carbocycles. The highest BCUT2D eigenvalue weighted by atomic mass is 32.1. The maximum atomic E-state index is 11.9. The van der Waals surface area contributed by atoms with E-state index >= 15 is 0 Å². The van der Waals surface area contributed by atoms with Gasteiger partial charge in [-0.25, -0.2) is 9.59 Å². The van der Waals surface area contributed by atoms with Crippen LogP contribution in [0, 0.1) is 0 Å². The van der Waals surface area contributed by atoms with Gasteiger partial charge in [-0.05, 0) is 46.5 Å². The molecule has 2 bridgehead atoms. The Hall–Kier alpha value is -2.18. The van der Waals surface area contributed by atoms with Crippen molar-refractivity contribution in [1.29, 1.82) is 0 Å². The summed E-state index contributed by atoms with van der Waals surface area (Å²) in [5.41, 5.74) is 3.17. The number of carboxylic acid groups (broad SMARTS) is 2. The highest BCUT2D eigenvalue weighted by Gasteiger charge is 2.47. The SMILES string of the molecule is O=C(O)C1=C(C(=O)O)[C@@H]2c3ccc(S)cc3[C@H]1c1ccc(S)cc12. The van der Waals surface area contributed by atoms with E-state index in [1.165, 1.54) is 0 Å². The van der Waals surface area contributed by atoms with Gasteiger partial charge in [0.05, 0.1) is 11.1 Å². The van der Waals surface area contributed by atoms with E-state index in [0.717, 1.165) is 32.0 Å². The van der Waals surface area contributed by atoms with Crippen LogP contribution in [0.4, 0.5) is 0 Å². The largest absolute Gasteiger partial charge is 0.478 e. The number of rotatable bonds is 2. The first kappa shape index (κ1) is 15.4. The molecule has 2 N–H and O–H groups in total. The highest BCUT2D eigenvalue weighted by molar-refractivity contribution is 7.80. The fourth-order valence-corrected chi connectivity index (χ4v) is 4.32. The van der Waals surface area contributed by atoms with Gasteiger partial charge in [0.1, 0.15) is 0 Å². The summed E-state index contributed by atoms with van der Waals surface area (Å²) in [4.78, 5) is 25.2. The molecule has 2 aromatic rings. The van der Waals surface area contributed by atoms with Crippen molar-refractivity contribution in [2.75, 3.05) is 0 Å². The van der Waals surface area contributed by atoms with Crippen LogP contribution in [0.2, 0.25) is 0 Å². The minimum Gasteiger partial charge on any atom is -0.478 e. The Bertz CT molecular complexity index is 884. The van der Waals surface area contributed by atoms with Crippen LogP contribution in [-0.2, 0) is 9.59 Å². The molecule has 0 unspecified atom stereocenters. The van der Waals surface area contributed by atoms with E-state index in [4.69, 9.17) is 0 Å². The number of hydrogen-bond donors (Lipinski definition) is 4. The van der Waals surface area contributed by atoms with Gasteiger partial charge in [0.2, 0.25) is 0 Å². The van der Waals surface area contributed by atoms with Crippen molar-refractivity contribution >= 4 is 37.2 Å². The summed E-state index contributed by atoms with van der Waals surface area (Å²) in [5, 5.41) is 19.4. The third kappa shape index (κ3) is 1.96. The first-order valence-corrected chi connectivity index (χ1v) is 8.16. The average Bonchev–Trinajstić information content (AvgIpc) is 2.53. The Morgan fingerprint density at radius 3 is 1.42 bits per heavy atom. The Labute approximate surface area is 148 Å². The molecule has 0 saturated heterocycles. The van der Waals surface area contributed by atoms with Gasteiger partial charge in [-0.2, -0.15) is 0 Å². The van der Waals surface area contributed by atoms with Crippen LogP contribution in [-0.4, -0.2) is 22.2 Å². The number of benzene rings is 2. The van der Waals surface area contributed by atoms with Gasteiger partial charge in [0.25, 0.3) is 0 Å². The van der Waals surface area contributed by atoms with E-state index in [-0.39, 0.29) is 11.1 Å². The lowest BCUT2D eigenvalue weighted by Gasteiger charge is -2.41. The van der Waals surface area contributed by atoms with E-state index in [1.54, 1.807) is 12.1 Å². The zero-order valence-corrected chi connectivity index (χ0v) is 14.0. The molecule has 6 heteroatoms. The van der Waals surface area contributed by atoms with Crippen molar-refractivity contribution in [3.63, 3.8) is 0 Å². The van der Waals surface area contributed by atoms with Gasteiger partial charge in [0.15, 0.2) is 0 Å². The average molecular weight is 356 g/mol. The molecular weight excluding hydrogens is 344 g/mol. The molecule has 3 aliphatic carbocycles. The molecule has 0 spiro atoms.